The minimum Gasteiger partial charge on any atom is -0.504 e. The molecule has 0 amide bonds. The van der Waals surface area contributed by atoms with Crippen molar-refractivity contribution in [2.45, 2.75) is 6.92 Å². The van der Waals surface area contributed by atoms with Crippen molar-refractivity contribution in [2.24, 2.45) is 0 Å². The van der Waals surface area contributed by atoms with E-state index in [1.807, 2.05) is 18.2 Å². The quantitative estimate of drug-likeness (QED) is 0.142. The van der Waals surface area contributed by atoms with Gasteiger partial charge in [-0.15, -0.1) is 0 Å². The largest absolute Gasteiger partial charge is 0.504 e. The molecule has 0 saturated carbocycles. The van der Waals surface area contributed by atoms with E-state index in [0.29, 0.717) is 16.8 Å². The second kappa shape index (κ2) is 7.18. The molecule has 7 heteroatoms. The van der Waals surface area contributed by atoms with Crippen LogP contribution in [-0.4, -0.2) is 34.9 Å². The fourth-order valence-corrected chi connectivity index (χ4v) is 5.51. The molecule has 0 aliphatic rings. The summed E-state index contributed by atoms with van der Waals surface area (Å²) in [5, 5.41) is 55.0. The maximum absolute atomic E-state index is 10.4. The summed E-state index contributed by atoms with van der Waals surface area (Å²) < 4.78 is 2.30. The van der Waals surface area contributed by atoms with Crippen LogP contribution in [0.1, 0.15) is 5.56 Å². The van der Waals surface area contributed by atoms with E-state index in [1.54, 1.807) is 6.92 Å². The van der Waals surface area contributed by atoms with Gasteiger partial charge in [0.15, 0.2) is 11.5 Å². The van der Waals surface area contributed by atoms with Crippen LogP contribution in [0.5, 0.6) is 28.7 Å². The van der Waals surface area contributed by atoms with E-state index in [9.17, 15) is 25.5 Å². The van der Waals surface area contributed by atoms with Gasteiger partial charge < -0.3 is 29.9 Å². The molecule has 7 nitrogen and oxygen atoms in total. The summed E-state index contributed by atoms with van der Waals surface area (Å²) in [5.41, 5.74) is 5.76. The van der Waals surface area contributed by atoms with E-state index in [-0.39, 0.29) is 5.56 Å². The van der Waals surface area contributed by atoms with E-state index in [4.69, 9.17) is 0 Å². The first-order valence-corrected chi connectivity index (χ1v) is 11.7. The Morgan fingerprint density at radius 2 is 1.24 bits per heavy atom. The zero-order valence-electron chi connectivity index (χ0n) is 19.6. The van der Waals surface area contributed by atoms with E-state index >= 15 is 0 Å². The van der Waals surface area contributed by atoms with Crippen LogP contribution in [0.4, 0.5) is 0 Å². The molecule has 7 aromatic rings. The highest BCUT2D eigenvalue weighted by Gasteiger charge is 2.25. The lowest BCUT2D eigenvalue weighted by Gasteiger charge is -2.14. The highest BCUT2D eigenvalue weighted by Crippen LogP contribution is 2.55. The highest BCUT2D eigenvalue weighted by molar-refractivity contribution is 6.23. The number of aryl methyl sites for hydroxylation is 1. The van der Waals surface area contributed by atoms with Gasteiger partial charge >= 0.3 is 0 Å². The number of fused-ring (bicyclic) bond motifs is 6. The van der Waals surface area contributed by atoms with Gasteiger partial charge in [0.1, 0.15) is 0 Å². The van der Waals surface area contributed by atoms with Crippen LogP contribution in [0.2, 0.25) is 0 Å². The molecule has 37 heavy (non-hydrogen) atoms. The van der Waals surface area contributed by atoms with Crippen LogP contribution in [0.25, 0.3) is 60.5 Å². The zero-order chi connectivity index (χ0) is 25.6. The number of nitrogens with zero attached hydrogens (tertiary/aromatic N) is 2. The molecule has 7 rings (SSSR count). The molecule has 4 aromatic carbocycles. The van der Waals surface area contributed by atoms with Crippen LogP contribution >= 0.6 is 0 Å². The second-order valence-electron chi connectivity index (χ2n) is 9.29. The number of aromatic hydroxyl groups is 5. The number of hydrogen-bond acceptors (Lipinski definition) is 6. The van der Waals surface area contributed by atoms with Crippen molar-refractivity contribution in [1.29, 1.82) is 0 Å². The average molecular weight is 488 g/mol. The van der Waals surface area contributed by atoms with Gasteiger partial charge in [-0.2, -0.15) is 0 Å². The lowest BCUT2D eigenvalue weighted by molar-refractivity contribution is 0.330. The van der Waals surface area contributed by atoms with Gasteiger partial charge in [-0.05, 0) is 36.8 Å². The first-order chi connectivity index (χ1) is 17.9. The molecular weight excluding hydrogens is 468 g/mol. The van der Waals surface area contributed by atoms with E-state index in [0.717, 1.165) is 27.4 Å². The van der Waals surface area contributed by atoms with Gasteiger partial charge in [0.2, 0.25) is 17.2 Å². The van der Waals surface area contributed by atoms with Gasteiger partial charge in [0, 0.05) is 38.9 Å². The van der Waals surface area contributed by atoms with Crippen molar-refractivity contribution in [3.63, 3.8) is 0 Å². The molecule has 0 aliphatic heterocycles. The van der Waals surface area contributed by atoms with E-state index in [1.165, 1.54) is 22.5 Å². The van der Waals surface area contributed by atoms with Crippen LogP contribution < -0.4 is 0 Å². The monoisotopic (exact) mass is 488 g/mol. The minimum absolute atomic E-state index is 0.212. The van der Waals surface area contributed by atoms with Gasteiger partial charge in [-0.25, -0.2) is 0 Å². The third kappa shape index (κ3) is 2.68. The van der Waals surface area contributed by atoms with Crippen molar-refractivity contribution >= 4 is 38.1 Å². The number of benzene rings is 4. The summed E-state index contributed by atoms with van der Waals surface area (Å²) in [6.45, 7) is 1.77. The first-order valence-electron chi connectivity index (χ1n) is 11.7. The Balaban J connectivity index is 1.42. The fourth-order valence-electron chi connectivity index (χ4n) is 5.51. The lowest BCUT2D eigenvalue weighted by Crippen LogP contribution is -1.92. The van der Waals surface area contributed by atoms with E-state index < -0.39 is 28.7 Å². The predicted molar refractivity (Wildman–Crippen MR) is 143 cm³/mol. The van der Waals surface area contributed by atoms with Crippen molar-refractivity contribution in [2.75, 3.05) is 0 Å². The molecule has 0 radical (unpaired) electrons. The van der Waals surface area contributed by atoms with Crippen molar-refractivity contribution in [1.82, 2.24) is 9.38 Å². The molecule has 3 heterocycles. The topological polar surface area (TPSA) is 118 Å². The molecule has 0 atom stereocenters. The SMILES string of the molecule is Cc1cc(-c2ccc3c(c2)c2cccc4c5ccccc5n3c42)ncc1-c1c(O)c(O)c(O)c(O)c1O. The van der Waals surface area contributed by atoms with Crippen molar-refractivity contribution in [3.8, 4) is 51.1 Å². The number of aromatic nitrogens is 2. The standard InChI is InChI=1S/C30H20N2O5/c1-14-11-21(31-13-20(14)24-26(33)28(35)30(37)29(36)27(24)34)15-9-10-23-19(12-15)18-7-4-6-17-16-5-2-3-8-22(16)32(23)25(17)18/h2-13,33-37H,1H3. The van der Waals surface area contributed by atoms with Crippen molar-refractivity contribution in [3.05, 3.63) is 78.5 Å². The number of phenols is 5. The first kappa shape index (κ1) is 21.1. The van der Waals surface area contributed by atoms with Gasteiger partial charge in [-0.1, -0.05) is 42.5 Å². The Kier molecular flexibility index (Phi) is 4.10. The molecule has 0 bridgehead atoms. The third-order valence-electron chi connectivity index (χ3n) is 7.27. The van der Waals surface area contributed by atoms with Crippen LogP contribution in [0.3, 0.4) is 0 Å². The Morgan fingerprint density at radius 3 is 1.97 bits per heavy atom. The second-order valence-corrected chi connectivity index (χ2v) is 9.29. The average Bonchev–Trinajstić information content (AvgIpc) is 3.43. The Labute approximate surface area is 209 Å². The third-order valence-corrected chi connectivity index (χ3v) is 7.27. The molecular formula is C30H20N2O5. The molecule has 3 aromatic heterocycles. The molecule has 5 N–H and O–H groups in total. The Hall–Kier alpha value is -5.17. The predicted octanol–water partition coefficient (Wildman–Crippen LogP) is 6.40. The summed E-state index contributed by atoms with van der Waals surface area (Å²) in [6.07, 6.45) is 1.46. The molecule has 180 valence electrons. The molecule has 0 fully saturated rings. The number of pyridine rings is 1. The van der Waals surface area contributed by atoms with Crippen molar-refractivity contribution < 1.29 is 25.5 Å². The minimum atomic E-state index is -0.993. The number of rotatable bonds is 2. The summed E-state index contributed by atoms with van der Waals surface area (Å²) in [6, 6.07) is 22.8. The van der Waals surface area contributed by atoms with Gasteiger partial charge in [0.25, 0.3) is 0 Å². The number of phenolic OH excluding ortho intramolecular Hbond substituents is 5. The fraction of sp³-hybridized carbons (Fsp3) is 0.0333. The van der Waals surface area contributed by atoms with Crippen LogP contribution in [-0.2, 0) is 0 Å². The van der Waals surface area contributed by atoms with Gasteiger partial charge in [-0.3, -0.25) is 4.98 Å². The van der Waals surface area contributed by atoms with E-state index in [2.05, 4.69) is 57.9 Å². The molecule has 0 saturated heterocycles. The molecule has 0 spiro atoms. The smallest absolute Gasteiger partial charge is 0.208 e. The summed E-state index contributed by atoms with van der Waals surface area (Å²) in [7, 11) is 0. The molecule has 0 aliphatic carbocycles. The van der Waals surface area contributed by atoms with Crippen LogP contribution in [0, 0.1) is 6.92 Å². The van der Waals surface area contributed by atoms with Crippen LogP contribution in [0.15, 0.2) is 72.9 Å². The number of hydrogen-bond donors (Lipinski definition) is 5. The summed E-state index contributed by atoms with van der Waals surface area (Å²) in [5.74, 6) is -4.32. The Morgan fingerprint density at radius 1 is 0.622 bits per heavy atom. The normalized spacial score (nSPS) is 11.9. The molecule has 0 unspecified atom stereocenters. The Bertz CT molecular complexity index is 2030. The maximum Gasteiger partial charge on any atom is 0.208 e. The highest BCUT2D eigenvalue weighted by atomic mass is 16.4. The summed E-state index contributed by atoms with van der Waals surface area (Å²) >= 11 is 0. The maximum atomic E-state index is 10.4. The number of para-hydroxylation sites is 2. The van der Waals surface area contributed by atoms with Gasteiger partial charge in [0.05, 0.1) is 27.8 Å². The lowest BCUT2D eigenvalue weighted by atomic mass is 9.97. The zero-order valence-corrected chi connectivity index (χ0v) is 19.6. The summed E-state index contributed by atoms with van der Waals surface area (Å²) in [4.78, 5) is 4.56.